The van der Waals surface area contributed by atoms with Gasteiger partial charge in [-0.3, -0.25) is 19.2 Å². The van der Waals surface area contributed by atoms with E-state index in [0.717, 1.165) is 0 Å². The molecule has 0 heterocycles. The van der Waals surface area contributed by atoms with E-state index in [1.165, 1.54) is 0 Å². The molecule has 0 rings (SSSR count). The van der Waals surface area contributed by atoms with Gasteiger partial charge in [0, 0.05) is 50.5 Å². The van der Waals surface area contributed by atoms with Gasteiger partial charge in [0.25, 0.3) is 23.1 Å². The molecule has 0 aromatic carbocycles. The zero-order valence-electron chi connectivity index (χ0n) is 23.3. The van der Waals surface area contributed by atoms with Crippen molar-refractivity contribution in [2.24, 2.45) is 0 Å². The molecule has 0 saturated carbocycles. The molecular formula is C20H8F24O8Zr. The van der Waals surface area contributed by atoms with Crippen LogP contribution < -0.4 is 0 Å². The third-order valence-electron chi connectivity index (χ3n) is 3.35. The van der Waals surface area contributed by atoms with E-state index in [2.05, 4.69) is 0 Å². The number of halogens is 24. The van der Waals surface area contributed by atoms with Crippen molar-refractivity contribution in [1.82, 2.24) is 0 Å². The Kier molecular flexibility index (Phi) is 22.6. The SMILES string of the molecule is O=C(/C=C(\O)C(F)(F)F)C(F)(F)F.O=C(/C=C(\O)C(F)(F)F)C(F)(F)F.O=C(/C=C(\O)C(F)(F)F)C(F)(F)F.O=C(/C=C(\O)C(F)(F)F)C(F)(F)F.[Zr]. The molecule has 0 saturated heterocycles. The molecule has 0 atom stereocenters. The summed E-state index contributed by atoms with van der Waals surface area (Å²) in [6.07, 6.45) is -46.7. The largest absolute Gasteiger partial charge is 0.504 e. The summed E-state index contributed by atoms with van der Waals surface area (Å²) < 4.78 is 272. The minimum atomic E-state index is -5.42. The maximum Gasteiger partial charge on any atom is 0.454 e. The van der Waals surface area contributed by atoms with Gasteiger partial charge >= 0.3 is 49.4 Å². The molecule has 0 bridgehead atoms. The van der Waals surface area contributed by atoms with E-state index >= 15 is 0 Å². The average Bonchev–Trinajstić information content (AvgIpc) is 2.85. The second-order valence-electron chi connectivity index (χ2n) is 7.56. The summed E-state index contributed by atoms with van der Waals surface area (Å²) >= 11 is 0. The number of aliphatic hydroxyl groups excluding tert-OH is 4. The predicted octanol–water partition coefficient (Wildman–Crippen LogP) is 8.49. The van der Waals surface area contributed by atoms with Gasteiger partial charge in [0.1, 0.15) is 0 Å². The number of rotatable bonds is 4. The Balaban J connectivity index is -0.000000192. The first-order valence-corrected chi connectivity index (χ1v) is 10.6. The number of aliphatic hydroxyl groups is 4. The third-order valence-corrected chi connectivity index (χ3v) is 3.35. The van der Waals surface area contributed by atoms with Gasteiger partial charge in [-0.15, -0.1) is 0 Å². The number of ketones is 4. The molecule has 33 heteroatoms. The summed E-state index contributed by atoms with van der Waals surface area (Å²) in [5, 5.41) is 31.7. The predicted molar refractivity (Wildman–Crippen MR) is 111 cm³/mol. The van der Waals surface area contributed by atoms with E-state index in [9.17, 15) is 125 Å². The first-order valence-electron chi connectivity index (χ1n) is 10.6. The second-order valence-corrected chi connectivity index (χ2v) is 7.56. The van der Waals surface area contributed by atoms with Crippen molar-refractivity contribution >= 4 is 23.1 Å². The minimum Gasteiger partial charge on any atom is -0.504 e. The van der Waals surface area contributed by atoms with E-state index in [-0.39, 0.29) is 26.2 Å². The van der Waals surface area contributed by atoms with Crippen molar-refractivity contribution in [3.63, 3.8) is 0 Å². The van der Waals surface area contributed by atoms with E-state index in [4.69, 9.17) is 20.4 Å². The normalized spacial score (nSPS) is 14.2. The van der Waals surface area contributed by atoms with Gasteiger partial charge in [-0.1, -0.05) is 0 Å². The van der Waals surface area contributed by atoms with Crippen molar-refractivity contribution in [3.05, 3.63) is 47.3 Å². The number of hydrogen-bond donors (Lipinski definition) is 4. The molecule has 0 aliphatic heterocycles. The molecule has 8 nitrogen and oxygen atoms in total. The van der Waals surface area contributed by atoms with Crippen LogP contribution in [0.4, 0.5) is 105 Å². The van der Waals surface area contributed by atoms with Gasteiger partial charge in [-0.05, 0) is 0 Å². The maximum atomic E-state index is 11.4. The molecule has 308 valence electrons. The Bertz CT molecular complexity index is 1150. The van der Waals surface area contributed by atoms with Gasteiger partial charge in [0.2, 0.25) is 23.0 Å². The van der Waals surface area contributed by atoms with Crippen molar-refractivity contribution in [3.8, 4) is 0 Å². The Labute approximate surface area is 291 Å². The van der Waals surface area contributed by atoms with E-state index in [1.807, 2.05) is 0 Å². The third kappa shape index (κ3) is 28.3. The molecule has 53 heavy (non-hydrogen) atoms. The fourth-order valence-corrected chi connectivity index (χ4v) is 1.15. The van der Waals surface area contributed by atoms with Crippen LogP contribution in [0.15, 0.2) is 47.3 Å². The minimum absolute atomic E-state index is 0. The fourth-order valence-electron chi connectivity index (χ4n) is 1.15. The molecule has 4 N–H and O–H groups in total. The molecule has 0 spiro atoms. The molecule has 0 amide bonds. The van der Waals surface area contributed by atoms with Crippen LogP contribution in [0.5, 0.6) is 0 Å². The van der Waals surface area contributed by atoms with Gasteiger partial charge < -0.3 is 20.4 Å². The number of carbonyl (C=O) groups excluding carboxylic acids is 4. The molecule has 0 aliphatic rings. The molecule has 0 unspecified atom stereocenters. The van der Waals surface area contributed by atoms with Crippen molar-refractivity contribution in [2.45, 2.75) is 49.4 Å². The average molecular weight is 923 g/mol. The quantitative estimate of drug-likeness (QED) is 0.125. The van der Waals surface area contributed by atoms with Crippen molar-refractivity contribution in [1.29, 1.82) is 0 Å². The fraction of sp³-hybridized carbons (Fsp3) is 0.400. The molecule has 0 aliphatic carbocycles. The second kappa shape index (κ2) is 20.5. The first kappa shape index (κ1) is 58.4. The van der Waals surface area contributed by atoms with Crippen LogP contribution in [-0.2, 0) is 45.4 Å². The molecule has 0 aromatic rings. The van der Waals surface area contributed by atoms with Gasteiger partial charge in [-0.25, -0.2) is 0 Å². The number of allylic oxidation sites excluding steroid dienone is 8. The van der Waals surface area contributed by atoms with Crippen molar-refractivity contribution in [2.75, 3.05) is 0 Å². The van der Waals surface area contributed by atoms with E-state index < -0.39 is 120 Å². The first-order chi connectivity index (χ1) is 22.2. The molecule has 0 fully saturated rings. The Morgan fingerprint density at radius 3 is 0.415 bits per heavy atom. The zero-order chi connectivity index (χ0) is 43.4. The summed E-state index contributed by atoms with van der Waals surface area (Å²) in [5.41, 5.74) is 0. The summed E-state index contributed by atoms with van der Waals surface area (Å²) in [6, 6.07) is 0. The summed E-state index contributed by atoms with van der Waals surface area (Å²) in [4.78, 5) is 39.4. The van der Waals surface area contributed by atoms with Crippen LogP contribution in [0.3, 0.4) is 0 Å². The van der Waals surface area contributed by atoms with Crippen molar-refractivity contribution < 1.29 is 171 Å². The maximum absolute atomic E-state index is 11.4. The number of alkyl halides is 24. The topological polar surface area (TPSA) is 149 Å². The van der Waals surface area contributed by atoms with Crippen LogP contribution in [0, 0.1) is 0 Å². The Hall–Kier alpha value is -3.96. The van der Waals surface area contributed by atoms with Crippen LogP contribution in [-0.4, -0.2) is 93.0 Å². The van der Waals surface area contributed by atoms with E-state index in [1.54, 1.807) is 0 Å². The van der Waals surface area contributed by atoms with E-state index in [0.29, 0.717) is 0 Å². The monoisotopic (exact) mass is 922 g/mol. The summed E-state index contributed by atoms with van der Waals surface area (Å²) in [7, 11) is 0. The van der Waals surface area contributed by atoms with Gasteiger partial charge in [0.05, 0.1) is 0 Å². The van der Waals surface area contributed by atoms with Crippen LogP contribution in [0.25, 0.3) is 0 Å². The van der Waals surface area contributed by atoms with Crippen LogP contribution in [0.2, 0.25) is 0 Å². The number of carbonyl (C=O) groups is 4. The molecule has 0 aromatic heterocycles. The smallest absolute Gasteiger partial charge is 0.454 e. The molecule has 0 radical (unpaired) electrons. The van der Waals surface area contributed by atoms with Gasteiger partial charge in [-0.2, -0.15) is 105 Å². The van der Waals surface area contributed by atoms with Crippen LogP contribution >= 0.6 is 0 Å². The number of hydrogen-bond acceptors (Lipinski definition) is 8. The molecular weight excluding hydrogens is 915 g/mol. The summed E-state index contributed by atoms with van der Waals surface area (Å²) in [5.74, 6) is -21.3. The van der Waals surface area contributed by atoms with Gasteiger partial charge in [0.15, 0.2) is 0 Å². The van der Waals surface area contributed by atoms with Crippen LogP contribution in [0.1, 0.15) is 0 Å². The zero-order valence-corrected chi connectivity index (χ0v) is 25.8. The Morgan fingerprint density at radius 2 is 0.358 bits per heavy atom. The summed E-state index contributed by atoms with van der Waals surface area (Å²) in [6.45, 7) is 0. The standard InChI is InChI=1S/4C5H2F6O2.Zr/c4*6-4(7,8)2(12)1-3(13)5(9,10)11;/h4*1,12H;/b4*2-1-;. The Morgan fingerprint density at radius 1 is 0.264 bits per heavy atom.